The molecule has 0 aliphatic rings. The summed E-state index contributed by atoms with van der Waals surface area (Å²) in [4.78, 5) is 10.4. The van der Waals surface area contributed by atoms with E-state index in [-0.39, 0.29) is 0 Å². The minimum absolute atomic E-state index is 0.458. The number of nitrogens with zero attached hydrogens (tertiary/aromatic N) is 3. The molecule has 3 aromatic heterocycles. The van der Waals surface area contributed by atoms with Crippen LogP contribution in [0.4, 0.5) is 0 Å². The molecule has 0 saturated carbocycles. The van der Waals surface area contributed by atoms with Crippen molar-refractivity contribution in [1.29, 1.82) is 0 Å². The van der Waals surface area contributed by atoms with E-state index in [0.717, 1.165) is 22.8 Å². The molecule has 0 bridgehead atoms. The first kappa shape index (κ1) is 12.6. The molecule has 0 aromatic carbocycles. The second-order valence-corrected chi connectivity index (χ2v) is 6.58. The summed E-state index contributed by atoms with van der Waals surface area (Å²) in [7, 11) is 0. The Morgan fingerprint density at radius 1 is 1.32 bits per heavy atom. The number of aromatic nitrogens is 3. The fraction of sp³-hybridized carbons (Fsp3) is 0.286. The van der Waals surface area contributed by atoms with Crippen molar-refractivity contribution in [2.45, 2.75) is 26.3 Å². The predicted molar refractivity (Wildman–Crippen MR) is 80.8 cm³/mol. The van der Waals surface area contributed by atoms with Gasteiger partial charge in [0, 0.05) is 24.0 Å². The minimum atomic E-state index is 0.458. The molecule has 19 heavy (non-hydrogen) atoms. The molecule has 3 aromatic rings. The summed E-state index contributed by atoms with van der Waals surface area (Å²) in [6, 6.07) is 4.62. The molecule has 0 radical (unpaired) electrons. The number of thiazole rings is 1. The standard InChI is InChI=1S/C14H15N3S2/c1-10(2)17-7-11(15-9-17)6-14-16-12(8-19-14)13-4-3-5-18-13/h3-5,7-10H,6H2,1-2H3. The molecule has 0 aliphatic carbocycles. The molecule has 0 unspecified atom stereocenters. The zero-order valence-corrected chi connectivity index (χ0v) is 12.5. The molecule has 3 nitrogen and oxygen atoms in total. The molecule has 0 aliphatic heterocycles. The lowest BCUT2D eigenvalue weighted by molar-refractivity contribution is 0.599. The lowest BCUT2D eigenvalue weighted by atomic mass is 10.3. The van der Waals surface area contributed by atoms with Crippen LogP contribution in [0, 0.1) is 0 Å². The van der Waals surface area contributed by atoms with Gasteiger partial charge in [-0.2, -0.15) is 0 Å². The van der Waals surface area contributed by atoms with Gasteiger partial charge in [0.2, 0.25) is 0 Å². The van der Waals surface area contributed by atoms with Crippen LogP contribution in [0.3, 0.4) is 0 Å². The molecule has 3 rings (SSSR count). The maximum absolute atomic E-state index is 4.68. The van der Waals surface area contributed by atoms with E-state index in [1.165, 1.54) is 4.88 Å². The van der Waals surface area contributed by atoms with E-state index < -0.39 is 0 Å². The normalized spacial score (nSPS) is 11.3. The number of rotatable bonds is 4. The third kappa shape index (κ3) is 2.77. The fourth-order valence-electron chi connectivity index (χ4n) is 1.84. The Morgan fingerprint density at radius 2 is 2.21 bits per heavy atom. The van der Waals surface area contributed by atoms with Crippen molar-refractivity contribution in [1.82, 2.24) is 14.5 Å². The number of hydrogen-bond donors (Lipinski definition) is 0. The lowest BCUT2D eigenvalue weighted by Gasteiger charge is -2.03. The zero-order valence-electron chi connectivity index (χ0n) is 10.9. The minimum Gasteiger partial charge on any atom is -0.335 e. The topological polar surface area (TPSA) is 30.7 Å². The molecule has 0 fully saturated rings. The highest BCUT2D eigenvalue weighted by Gasteiger charge is 2.08. The van der Waals surface area contributed by atoms with Gasteiger partial charge in [-0.15, -0.1) is 22.7 Å². The van der Waals surface area contributed by atoms with Gasteiger partial charge in [-0.05, 0) is 25.3 Å². The average molecular weight is 289 g/mol. The summed E-state index contributed by atoms with van der Waals surface area (Å²) in [6.45, 7) is 4.31. The predicted octanol–water partition coefficient (Wildman–Crippen LogP) is 4.24. The van der Waals surface area contributed by atoms with Gasteiger partial charge in [-0.25, -0.2) is 9.97 Å². The van der Waals surface area contributed by atoms with Crippen LogP contribution in [0.25, 0.3) is 10.6 Å². The number of thiophene rings is 1. The highest BCUT2D eigenvalue weighted by Crippen LogP contribution is 2.26. The summed E-state index contributed by atoms with van der Waals surface area (Å²) < 4.78 is 2.13. The van der Waals surface area contributed by atoms with Crippen LogP contribution in [0.2, 0.25) is 0 Å². The Bertz CT molecular complexity index is 650. The Kier molecular flexibility index (Phi) is 3.48. The van der Waals surface area contributed by atoms with Gasteiger partial charge < -0.3 is 4.57 Å². The third-order valence-corrected chi connectivity index (χ3v) is 4.65. The number of imidazole rings is 1. The molecule has 0 N–H and O–H groups in total. The quantitative estimate of drug-likeness (QED) is 0.719. The lowest BCUT2D eigenvalue weighted by Crippen LogP contribution is -1.96. The highest BCUT2D eigenvalue weighted by molar-refractivity contribution is 7.14. The van der Waals surface area contributed by atoms with E-state index in [2.05, 4.69) is 57.5 Å². The van der Waals surface area contributed by atoms with Crippen molar-refractivity contribution >= 4 is 22.7 Å². The first-order valence-electron chi connectivity index (χ1n) is 6.23. The van der Waals surface area contributed by atoms with Crippen LogP contribution < -0.4 is 0 Å². The molecule has 0 saturated heterocycles. The monoisotopic (exact) mass is 289 g/mol. The number of hydrogen-bond acceptors (Lipinski definition) is 4. The summed E-state index contributed by atoms with van der Waals surface area (Å²) in [5, 5.41) is 5.33. The Hall–Kier alpha value is -1.46. The molecular weight excluding hydrogens is 274 g/mol. The molecular formula is C14H15N3S2. The van der Waals surface area contributed by atoms with Gasteiger partial charge in [0.25, 0.3) is 0 Å². The van der Waals surface area contributed by atoms with Crippen molar-refractivity contribution in [3.8, 4) is 10.6 Å². The molecule has 3 heterocycles. The summed E-state index contributed by atoms with van der Waals surface area (Å²) in [5.41, 5.74) is 2.17. The van der Waals surface area contributed by atoms with Crippen molar-refractivity contribution in [3.63, 3.8) is 0 Å². The first-order chi connectivity index (χ1) is 9.22. The molecule has 0 amide bonds. The zero-order chi connectivity index (χ0) is 13.2. The molecule has 0 atom stereocenters. The van der Waals surface area contributed by atoms with Crippen LogP contribution in [0.15, 0.2) is 35.4 Å². The van der Waals surface area contributed by atoms with Crippen molar-refractivity contribution in [3.05, 3.63) is 46.1 Å². The van der Waals surface area contributed by atoms with Crippen LogP contribution >= 0.6 is 22.7 Å². The van der Waals surface area contributed by atoms with Crippen LogP contribution in [-0.4, -0.2) is 14.5 Å². The largest absolute Gasteiger partial charge is 0.335 e. The van der Waals surface area contributed by atoms with Gasteiger partial charge in [0.15, 0.2) is 0 Å². The molecule has 5 heteroatoms. The SMILES string of the molecule is CC(C)n1cnc(Cc2nc(-c3cccs3)cs2)c1. The van der Waals surface area contributed by atoms with Gasteiger partial charge >= 0.3 is 0 Å². The van der Waals surface area contributed by atoms with Crippen molar-refractivity contribution in [2.75, 3.05) is 0 Å². The van der Waals surface area contributed by atoms with Crippen LogP contribution in [0.1, 0.15) is 30.6 Å². The third-order valence-electron chi connectivity index (χ3n) is 2.91. The van der Waals surface area contributed by atoms with E-state index in [9.17, 15) is 0 Å². The molecule has 98 valence electrons. The smallest absolute Gasteiger partial charge is 0.0993 e. The van der Waals surface area contributed by atoms with E-state index in [1.54, 1.807) is 22.7 Å². The Labute approximate surface area is 120 Å². The van der Waals surface area contributed by atoms with Gasteiger partial charge in [0.05, 0.1) is 27.6 Å². The summed E-state index contributed by atoms with van der Waals surface area (Å²) in [5.74, 6) is 0. The maximum atomic E-state index is 4.68. The van der Waals surface area contributed by atoms with Gasteiger partial charge in [0.1, 0.15) is 0 Å². The van der Waals surface area contributed by atoms with Crippen molar-refractivity contribution < 1.29 is 0 Å². The van der Waals surface area contributed by atoms with Crippen molar-refractivity contribution in [2.24, 2.45) is 0 Å². The van der Waals surface area contributed by atoms with E-state index >= 15 is 0 Å². The second kappa shape index (κ2) is 5.27. The van der Waals surface area contributed by atoms with E-state index in [0.29, 0.717) is 6.04 Å². The Balaban J connectivity index is 1.76. The summed E-state index contributed by atoms with van der Waals surface area (Å²) in [6.07, 6.45) is 4.82. The maximum Gasteiger partial charge on any atom is 0.0993 e. The molecule has 0 spiro atoms. The van der Waals surface area contributed by atoms with E-state index in [1.807, 2.05) is 6.33 Å². The van der Waals surface area contributed by atoms with Crippen LogP contribution in [-0.2, 0) is 6.42 Å². The van der Waals surface area contributed by atoms with Crippen LogP contribution in [0.5, 0.6) is 0 Å². The highest BCUT2D eigenvalue weighted by atomic mass is 32.1. The van der Waals surface area contributed by atoms with Gasteiger partial charge in [-0.1, -0.05) is 6.07 Å². The van der Waals surface area contributed by atoms with E-state index in [4.69, 9.17) is 0 Å². The fourth-order valence-corrected chi connectivity index (χ4v) is 3.41. The summed E-state index contributed by atoms with van der Waals surface area (Å²) >= 11 is 3.43. The first-order valence-corrected chi connectivity index (χ1v) is 7.99. The average Bonchev–Trinajstić information content (AvgIpc) is 3.09. The second-order valence-electron chi connectivity index (χ2n) is 4.69. The Morgan fingerprint density at radius 3 is 2.89 bits per heavy atom. The van der Waals surface area contributed by atoms with Gasteiger partial charge in [-0.3, -0.25) is 0 Å².